The summed E-state index contributed by atoms with van der Waals surface area (Å²) in [5.74, 6) is 0.203. The summed E-state index contributed by atoms with van der Waals surface area (Å²) in [6.45, 7) is 3.08. The summed E-state index contributed by atoms with van der Waals surface area (Å²) >= 11 is 1.53. The van der Waals surface area contributed by atoms with E-state index in [1.165, 1.54) is 22.5 Å². The smallest absolute Gasteiger partial charge is 0.247 e. The number of thiazole rings is 1. The Morgan fingerprint density at radius 2 is 2.29 bits per heavy atom. The van der Waals surface area contributed by atoms with E-state index in [1.807, 2.05) is 10.3 Å². The summed E-state index contributed by atoms with van der Waals surface area (Å²) < 4.78 is 0. The second kappa shape index (κ2) is 4.93. The van der Waals surface area contributed by atoms with E-state index >= 15 is 0 Å². The second-order valence-electron chi connectivity index (χ2n) is 5.71. The third-order valence-electron chi connectivity index (χ3n) is 4.34. The van der Waals surface area contributed by atoms with E-state index < -0.39 is 0 Å². The van der Waals surface area contributed by atoms with Crippen LogP contribution in [0.4, 0.5) is 5.13 Å². The van der Waals surface area contributed by atoms with E-state index in [0.29, 0.717) is 0 Å². The zero-order valence-corrected chi connectivity index (χ0v) is 12.7. The van der Waals surface area contributed by atoms with Gasteiger partial charge in [-0.2, -0.15) is 0 Å². The lowest BCUT2D eigenvalue weighted by molar-refractivity contribution is -0.119. The lowest BCUT2D eigenvalue weighted by Crippen LogP contribution is -2.32. The first kappa shape index (κ1) is 13.0. The molecule has 108 valence electrons. The normalized spacial score (nSPS) is 25.6. The summed E-state index contributed by atoms with van der Waals surface area (Å²) in [7, 11) is 0. The van der Waals surface area contributed by atoms with Crippen molar-refractivity contribution >= 4 is 22.4 Å². The quantitative estimate of drug-likeness (QED) is 0.855. The fourth-order valence-corrected chi connectivity index (χ4v) is 4.15. The largest absolute Gasteiger partial charge is 0.273 e. The molecule has 1 amide bonds. The molecule has 0 spiro atoms. The average Bonchev–Trinajstić information content (AvgIpc) is 3.17. The number of fused-ring (bicyclic) bond motifs is 1. The van der Waals surface area contributed by atoms with Gasteiger partial charge >= 0.3 is 0 Å². The van der Waals surface area contributed by atoms with Crippen molar-refractivity contribution in [1.82, 2.24) is 9.88 Å². The predicted octanol–water partition coefficient (Wildman–Crippen LogP) is 2.96. The average molecular weight is 299 g/mol. The Morgan fingerprint density at radius 1 is 1.38 bits per heavy atom. The zero-order chi connectivity index (χ0) is 14.4. The molecule has 0 saturated carbocycles. The Bertz CT molecular complexity index is 670. The van der Waals surface area contributed by atoms with E-state index in [-0.39, 0.29) is 18.1 Å². The van der Waals surface area contributed by atoms with Crippen LogP contribution < -0.4 is 4.90 Å². The van der Waals surface area contributed by atoms with Crippen LogP contribution in [-0.4, -0.2) is 28.4 Å². The van der Waals surface area contributed by atoms with Gasteiger partial charge in [0.15, 0.2) is 5.13 Å². The number of carbonyl (C=O) groups excluding carboxylic acids is 1. The van der Waals surface area contributed by atoms with Gasteiger partial charge in [-0.25, -0.2) is 4.98 Å². The van der Waals surface area contributed by atoms with E-state index in [0.717, 1.165) is 24.5 Å². The van der Waals surface area contributed by atoms with Gasteiger partial charge in [-0.1, -0.05) is 29.8 Å². The number of nitrogens with zero attached hydrogens (tertiary/aromatic N) is 3. The molecule has 1 aromatic heterocycles. The number of benzene rings is 1. The summed E-state index contributed by atoms with van der Waals surface area (Å²) in [4.78, 5) is 21.4. The zero-order valence-electron chi connectivity index (χ0n) is 11.9. The van der Waals surface area contributed by atoms with Crippen molar-refractivity contribution in [3.05, 3.63) is 47.0 Å². The van der Waals surface area contributed by atoms with E-state index in [4.69, 9.17) is 0 Å². The highest BCUT2D eigenvalue weighted by molar-refractivity contribution is 7.13. The van der Waals surface area contributed by atoms with Gasteiger partial charge in [0.05, 0.1) is 6.04 Å². The van der Waals surface area contributed by atoms with E-state index in [2.05, 4.69) is 41.1 Å². The van der Waals surface area contributed by atoms with Crippen LogP contribution in [0.5, 0.6) is 0 Å². The molecule has 2 saturated heterocycles. The van der Waals surface area contributed by atoms with Crippen LogP contribution >= 0.6 is 11.3 Å². The Balaban J connectivity index is 1.82. The minimum absolute atomic E-state index is 0.00366. The third-order valence-corrected chi connectivity index (χ3v) is 5.11. The van der Waals surface area contributed by atoms with Crippen LogP contribution in [0.25, 0.3) is 0 Å². The van der Waals surface area contributed by atoms with Gasteiger partial charge in [0, 0.05) is 18.1 Å². The maximum atomic E-state index is 12.8. The van der Waals surface area contributed by atoms with Crippen LogP contribution in [0.2, 0.25) is 0 Å². The van der Waals surface area contributed by atoms with E-state index in [1.54, 1.807) is 6.20 Å². The van der Waals surface area contributed by atoms with Crippen molar-refractivity contribution in [3.63, 3.8) is 0 Å². The van der Waals surface area contributed by atoms with Crippen LogP contribution in [0, 0.1) is 6.92 Å². The first-order chi connectivity index (χ1) is 10.3. The molecule has 0 radical (unpaired) electrons. The van der Waals surface area contributed by atoms with Crippen molar-refractivity contribution in [2.24, 2.45) is 0 Å². The number of amides is 1. The van der Waals surface area contributed by atoms with Gasteiger partial charge in [0.25, 0.3) is 0 Å². The molecule has 0 bridgehead atoms. The fraction of sp³-hybridized carbons (Fsp3) is 0.375. The van der Waals surface area contributed by atoms with E-state index in [9.17, 15) is 4.79 Å². The third kappa shape index (κ3) is 2.00. The number of aryl methyl sites for hydroxylation is 1. The molecule has 0 aliphatic carbocycles. The molecule has 2 fully saturated rings. The predicted molar refractivity (Wildman–Crippen MR) is 83.2 cm³/mol. The maximum absolute atomic E-state index is 12.8. The van der Waals surface area contributed by atoms with Crippen LogP contribution in [0.3, 0.4) is 0 Å². The van der Waals surface area contributed by atoms with Crippen molar-refractivity contribution < 1.29 is 4.79 Å². The fourth-order valence-electron chi connectivity index (χ4n) is 3.48. The Labute approximate surface area is 128 Å². The minimum Gasteiger partial charge on any atom is -0.273 e. The molecule has 5 heteroatoms. The Hall–Kier alpha value is -1.72. The lowest BCUT2D eigenvalue weighted by Gasteiger charge is -2.28. The summed E-state index contributed by atoms with van der Waals surface area (Å²) in [5.41, 5.74) is 2.41. The highest BCUT2D eigenvalue weighted by atomic mass is 32.1. The molecule has 0 unspecified atom stereocenters. The molecule has 2 aromatic rings. The number of hydrogen-bond donors (Lipinski definition) is 0. The van der Waals surface area contributed by atoms with Crippen LogP contribution in [0.1, 0.15) is 30.1 Å². The highest BCUT2D eigenvalue weighted by Crippen LogP contribution is 2.42. The molecule has 21 heavy (non-hydrogen) atoms. The van der Waals surface area contributed by atoms with Crippen molar-refractivity contribution in [3.8, 4) is 0 Å². The van der Waals surface area contributed by atoms with Crippen molar-refractivity contribution in [2.45, 2.75) is 32.0 Å². The first-order valence-corrected chi connectivity index (χ1v) is 8.18. The molecule has 3 heterocycles. The molecule has 4 rings (SSSR count). The maximum Gasteiger partial charge on any atom is 0.247 e. The van der Waals surface area contributed by atoms with Crippen LogP contribution in [-0.2, 0) is 4.79 Å². The molecular weight excluding hydrogens is 282 g/mol. The Morgan fingerprint density at radius 3 is 3.05 bits per heavy atom. The molecule has 1 aromatic carbocycles. The molecular formula is C16H17N3OS. The standard InChI is InChI=1S/C16H17N3OS/c1-11-4-2-5-12(10-11)14-18-8-3-6-13(18)15(20)19(14)16-17-7-9-21-16/h2,4-5,7,9-10,13-14H,3,6,8H2,1H3/t13-,14+/m0/s1. The van der Waals surface area contributed by atoms with Crippen LogP contribution in [0.15, 0.2) is 35.8 Å². The number of anilines is 1. The van der Waals surface area contributed by atoms with Gasteiger partial charge < -0.3 is 0 Å². The molecule has 0 N–H and O–H groups in total. The first-order valence-electron chi connectivity index (χ1n) is 7.30. The Kier molecular flexibility index (Phi) is 3.05. The van der Waals surface area contributed by atoms with Gasteiger partial charge in [0.2, 0.25) is 5.91 Å². The molecule has 4 nitrogen and oxygen atoms in total. The van der Waals surface area contributed by atoms with Gasteiger partial charge in [-0.15, -0.1) is 11.3 Å². The molecule has 2 atom stereocenters. The van der Waals surface area contributed by atoms with Crippen molar-refractivity contribution in [2.75, 3.05) is 11.4 Å². The van der Waals surface area contributed by atoms with Crippen molar-refractivity contribution in [1.29, 1.82) is 0 Å². The van der Waals surface area contributed by atoms with Gasteiger partial charge in [-0.05, 0) is 25.3 Å². The summed E-state index contributed by atoms with van der Waals surface area (Å²) in [6, 6.07) is 8.49. The monoisotopic (exact) mass is 299 g/mol. The molecule has 2 aliphatic heterocycles. The number of rotatable bonds is 2. The molecule has 2 aliphatic rings. The summed E-state index contributed by atoms with van der Waals surface area (Å²) in [6.07, 6.45) is 3.83. The topological polar surface area (TPSA) is 36.4 Å². The second-order valence-corrected chi connectivity index (χ2v) is 6.58. The lowest BCUT2D eigenvalue weighted by atomic mass is 10.1. The number of hydrogen-bond acceptors (Lipinski definition) is 4. The minimum atomic E-state index is -0.00366. The van der Waals surface area contributed by atoms with Gasteiger partial charge in [0.1, 0.15) is 6.17 Å². The highest BCUT2D eigenvalue weighted by Gasteiger charge is 2.50. The number of aromatic nitrogens is 1. The SMILES string of the molecule is Cc1cccc([C@H]2N(c3nccs3)C(=O)[C@@H]3CCCN32)c1. The van der Waals surface area contributed by atoms with Gasteiger partial charge in [-0.3, -0.25) is 14.6 Å². The summed E-state index contributed by atoms with van der Waals surface area (Å²) in [5, 5.41) is 2.74. The number of carbonyl (C=O) groups is 1.